The fourth-order valence-electron chi connectivity index (χ4n) is 3.24. The van der Waals surface area contributed by atoms with Crippen molar-refractivity contribution in [1.29, 1.82) is 0 Å². The van der Waals surface area contributed by atoms with E-state index in [2.05, 4.69) is 10.1 Å². The Labute approximate surface area is 161 Å². The molecule has 2 aliphatic rings. The lowest BCUT2D eigenvalue weighted by atomic mass is 9.83. The first kappa shape index (κ1) is 20.2. The number of hydrogen-bond donors (Lipinski definition) is 1. The Bertz CT molecular complexity index is 933. The molecule has 11 heteroatoms. The molecule has 150 valence electrons. The summed E-state index contributed by atoms with van der Waals surface area (Å²) in [6.07, 6.45) is 5.83. The SMILES string of the molecule is CS(=O)(=O)N1CCCC(F)C1.Nc1ncc2c(F)c(Cl)c(C3CCC3)n2n1. The predicted molar refractivity (Wildman–Crippen MR) is 99.5 cm³/mol. The summed E-state index contributed by atoms with van der Waals surface area (Å²) in [4.78, 5) is 3.77. The molecule has 1 atom stereocenters. The van der Waals surface area contributed by atoms with E-state index < -0.39 is 22.0 Å². The van der Waals surface area contributed by atoms with Crippen LogP contribution in [0.15, 0.2) is 6.20 Å². The lowest BCUT2D eigenvalue weighted by molar-refractivity contribution is 0.203. The number of hydrogen-bond acceptors (Lipinski definition) is 5. The molecule has 1 unspecified atom stereocenters. The first-order valence-electron chi connectivity index (χ1n) is 8.75. The lowest BCUT2D eigenvalue weighted by Crippen LogP contribution is -2.39. The molecule has 2 aromatic heterocycles. The van der Waals surface area contributed by atoms with Crippen LogP contribution in [0.4, 0.5) is 14.7 Å². The third kappa shape index (κ3) is 4.33. The van der Waals surface area contributed by atoms with Crippen LogP contribution >= 0.6 is 11.6 Å². The second kappa shape index (κ2) is 7.84. The number of nitrogens with two attached hydrogens (primary N) is 1. The lowest BCUT2D eigenvalue weighted by Gasteiger charge is -2.26. The highest BCUT2D eigenvalue weighted by Gasteiger charge is 2.29. The molecule has 2 aromatic rings. The van der Waals surface area contributed by atoms with Gasteiger partial charge in [-0.15, -0.1) is 5.10 Å². The van der Waals surface area contributed by atoms with Crippen LogP contribution in [0.5, 0.6) is 0 Å². The zero-order chi connectivity index (χ0) is 19.8. The molecule has 0 spiro atoms. The van der Waals surface area contributed by atoms with Gasteiger partial charge >= 0.3 is 0 Å². The van der Waals surface area contributed by atoms with E-state index in [1.165, 1.54) is 15.0 Å². The summed E-state index contributed by atoms with van der Waals surface area (Å²) < 4.78 is 50.9. The summed E-state index contributed by atoms with van der Waals surface area (Å²) in [7, 11) is -3.17. The molecule has 1 saturated carbocycles. The minimum atomic E-state index is -3.17. The molecule has 0 amide bonds. The van der Waals surface area contributed by atoms with Gasteiger partial charge in [-0.3, -0.25) is 0 Å². The Morgan fingerprint density at radius 1 is 1.30 bits per heavy atom. The molecule has 1 saturated heterocycles. The third-order valence-electron chi connectivity index (χ3n) is 4.91. The molecule has 2 fully saturated rings. The molecule has 27 heavy (non-hydrogen) atoms. The van der Waals surface area contributed by atoms with Crippen LogP contribution in [0, 0.1) is 5.82 Å². The minimum absolute atomic E-state index is 0.0405. The largest absolute Gasteiger partial charge is 0.367 e. The van der Waals surface area contributed by atoms with Gasteiger partial charge in [0.2, 0.25) is 16.0 Å². The van der Waals surface area contributed by atoms with Crippen LogP contribution < -0.4 is 5.73 Å². The van der Waals surface area contributed by atoms with Gasteiger partial charge in [0.25, 0.3) is 0 Å². The number of halogens is 3. The Kier molecular flexibility index (Phi) is 5.87. The average molecular weight is 422 g/mol. The molecule has 3 heterocycles. The van der Waals surface area contributed by atoms with Crippen LogP contribution in [-0.2, 0) is 10.0 Å². The highest BCUT2D eigenvalue weighted by atomic mass is 35.5. The van der Waals surface area contributed by atoms with E-state index in [1.54, 1.807) is 0 Å². The van der Waals surface area contributed by atoms with Crippen molar-refractivity contribution in [3.8, 4) is 0 Å². The second-order valence-corrected chi connectivity index (χ2v) is 9.28. The van der Waals surface area contributed by atoms with Crippen molar-refractivity contribution in [3.63, 3.8) is 0 Å². The third-order valence-corrected chi connectivity index (χ3v) is 6.54. The maximum atomic E-state index is 13.8. The topological polar surface area (TPSA) is 93.6 Å². The van der Waals surface area contributed by atoms with E-state index in [9.17, 15) is 17.2 Å². The van der Waals surface area contributed by atoms with Gasteiger partial charge < -0.3 is 5.73 Å². The van der Waals surface area contributed by atoms with Crippen LogP contribution in [0.1, 0.15) is 43.7 Å². The first-order chi connectivity index (χ1) is 12.7. The van der Waals surface area contributed by atoms with Crippen molar-refractivity contribution in [2.75, 3.05) is 25.1 Å². The van der Waals surface area contributed by atoms with Gasteiger partial charge in [0, 0.05) is 19.0 Å². The van der Waals surface area contributed by atoms with Gasteiger partial charge in [0.05, 0.1) is 18.1 Å². The molecule has 4 rings (SSSR count). The number of rotatable bonds is 2. The standard InChI is InChI=1S/C10H10ClFN4.C6H12FNO2S/c11-7-8(12)6-4-14-10(13)15-16(6)9(7)5-2-1-3-5;1-11(9,10)8-4-2-3-6(7)5-8/h4-5H,1-3H2,(H2,13,15);6H,2-5H2,1H3. The van der Waals surface area contributed by atoms with Crippen LogP contribution in [0.3, 0.4) is 0 Å². The van der Waals surface area contributed by atoms with Crippen molar-refractivity contribution in [2.45, 2.75) is 44.2 Å². The maximum absolute atomic E-state index is 13.8. The van der Waals surface area contributed by atoms with E-state index in [0.717, 1.165) is 31.2 Å². The molecule has 0 aromatic carbocycles. The molecule has 1 aliphatic heterocycles. The molecule has 2 N–H and O–H groups in total. The van der Waals surface area contributed by atoms with Crippen molar-refractivity contribution >= 4 is 33.1 Å². The fourth-order valence-corrected chi connectivity index (χ4v) is 4.47. The summed E-state index contributed by atoms with van der Waals surface area (Å²) >= 11 is 5.99. The predicted octanol–water partition coefficient (Wildman–Crippen LogP) is 2.75. The second-order valence-electron chi connectivity index (χ2n) is 6.91. The number of nitrogens with zero attached hydrogens (tertiary/aromatic N) is 4. The van der Waals surface area contributed by atoms with Gasteiger partial charge in [-0.2, -0.15) is 4.31 Å². The molecule has 1 aliphatic carbocycles. The van der Waals surface area contributed by atoms with Crippen molar-refractivity contribution < 1.29 is 17.2 Å². The maximum Gasteiger partial charge on any atom is 0.238 e. The normalized spacial score (nSPS) is 21.6. The van der Waals surface area contributed by atoms with Crippen molar-refractivity contribution in [3.05, 3.63) is 22.7 Å². The van der Waals surface area contributed by atoms with Gasteiger partial charge in [0.1, 0.15) is 16.7 Å². The summed E-state index contributed by atoms with van der Waals surface area (Å²) in [6, 6.07) is 0. The summed E-state index contributed by atoms with van der Waals surface area (Å²) in [5.74, 6) is -0.0397. The molecular formula is C16H22ClF2N5O2S. The molecule has 7 nitrogen and oxygen atoms in total. The molecular weight excluding hydrogens is 400 g/mol. The first-order valence-corrected chi connectivity index (χ1v) is 11.0. The minimum Gasteiger partial charge on any atom is -0.367 e. The van der Waals surface area contributed by atoms with Crippen LogP contribution in [0.25, 0.3) is 5.52 Å². The Balaban J connectivity index is 0.000000168. The quantitative estimate of drug-likeness (QED) is 0.804. The average Bonchev–Trinajstić information content (AvgIpc) is 2.78. The Morgan fingerprint density at radius 2 is 2.00 bits per heavy atom. The number of nitrogen functional groups attached to an aromatic ring is 1. The van der Waals surface area contributed by atoms with E-state index in [-0.39, 0.29) is 17.5 Å². The number of anilines is 1. The van der Waals surface area contributed by atoms with Gasteiger partial charge in [-0.25, -0.2) is 26.7 Å². The molecule has 0 radical (unpaired) electrons. The summed E-state index contributed by atoms with van der Waals surface area (Å²) in [5, 5.41) is 4.18. The van der Waals surface area contributed by atoms with Crippen LogP contribution in [0.2, 0.25) is 5.02 Å². The van der Waals surface area contributed by atoms with Crippen molar-refractivity contribution in [1.82, 2.24) is 18.9 Å². The number of alkyl halides is 1. The fraction of sp³-hybridized carbons (Fsp3) is 0.625. The van der Waals surface area contributed by atoms with E-state index in [1.807, 2.05) is 0 Å². The van der Waals surface area contributed by atoms with Crippen LogP contribution in [-0.4, -0.2) is 52.8 Å². The summed E-state index contributed by atoms with van der Waals surface area (Å²) in [6.45, 7) is 0.512. The van der Waals surface area contributed by atoms with Crippen molar-refractivity contribution in [2.24, 2.45) is 0 Å². The van der Waals surface area contributed by atoms with E-state index >= 15 is 0 Å². The monoisotopic (exact) mass is 421 g/mol. The van der Waals surface area contributed by atoms with Gasteiger partial charge in [-0.05, 0) is 25.7 Å². The van der Waals surface area contributed by atoms with E-state index in [4.69, 9.17) is 17.3 Å². The number of fused-ring (bicyclic) bond motifs is 1. The number of sulfonamides is 1. The zero-order valence-corrected chi connectivity index (χ0v) is 16.5. The Hall–Kier alpha value is -1.52. The summed E-state index contributed by atoms with van der Waals surface area (Å²) in [5.41, 5.74) is 6.53. The Morgan fingerprint density at radius 3 is 2.52 bits per heavy atom. The van der Waals surface area contributed by atoms with Gasteiger partial charge in [0.15, 0.2) is 5.82 Å². The number of aromatic nitrogens is 3. The highest BCUT2D eigenvalue weighted by molar-refractivity contribution is 7.88. The smallest absolute Gasteiger partial charge is 0.238 e. The van der Waals surface area contributed by atoms with E-state index in [0.29, 0.717) is 30.8 Å². The zero-order valence-electron chi connectivity index (χ0n) is 14.9. The number of piperidine rings is 1. The van der Waals surface area contributed by atoms with Gasteiger partial charge in [-0.1, -0.05) is 18.0 Å². The molecule has 0 bridgehead atoms. The highest BCUT2D eigenvalue weighted by Crippen LogP contribution is 2.41.